The Morgan fingerprint density at radius 2 is 0.955 bits per heavy atom. The molecule has 2 aromatic heterocycles. The van der Waals surface area contributed by atoms with Crippen molar-refractivity contribution in [1.29, 1.82) is 5.26 Å². The van der Waals surface area contributed by atoms with Crippen LogP contribution in [0.15, 0.2) is 182 Å². The van der Waals surface area contributed by atoms with E-state index in [-0.39, 0.29) is 16.7 Å². The summed E-state index contributed by atoms with van der Waals surface area (Å²) in [6.45, 7) is 13.6. The molecule has 1 atom stereocenters. The quantitative estimate of drug-likeness (QED) is 0.167. The molecule has 1 unspecified atom stereocenters. The summed E-state index contributed by atoms with van der Waals surface area (Å²) in [6, 6.07) is 67.0. The van der Waals surface area contributed by atoms with Crippen LogP contribution in [0, 0.1) is 11.3 Å². The molecular formula is C61H49N5. The zero-order valence-corrected chi connectivity index (χ0v) is 38.1. The maximum atomic E-state index is 10.6. The van der Waals surface area contributed by atoms with Gasteiger partial charge in [-0.15, -0.1) is 0 Å². The topological polar surface area (TPSA) is 67.4 Å². The third kappa shape index (κ3) is 6.98. The zero-order valence-electron chi connectivity index (χ0n) is 38.1. The predicted octanol–water partition coefficient (Wildman–Crippen LogP) is 15.3. The van der Waals surface area contributed by atoms with Gasteiger partial charge in [0.2, 0.25) is 0 Å². The number of nitrogens with zero attached hydrogens (tertiary/aromatic N) is 5. The maximum Gasteiger partial charge on any atom is 0.164 e. The average molecular weight is 852 g/mol. The number of rotatable bonds is 6. The van der Waals surface area contributed by atoms with Crippen molar-refractivity contribution >= 4 is 21.8 Å². The van der Waals surface area contributed by atoms with Gasteiger partial charge in [-0.1, -0.05) is 181 Å². The van der Waals surface area contributed by atoms with Gasteiger partial charge >= 0.3 is 0 Å². The lowest BCUT2D eigenvalue weighted by molar-refractivity contribution is 0.590. The summed E-state index contributed by atoms with van der Waals surface area (Å²) in [5, 5.41) is 13.0. The van der Waals surface area contributed by atoms with E-state index in [0.717, 1.165) is 50.1 Å². The minimum Gasteiger partial charge on any atom is -0.309 e. The second-order valence-electron chi connectivity index (χ2n) is 19.6. The number of hydrogen-bond donors (Lipinski definition) is 0. The summed E-state index contributed by atoms with van der Waals surface area (Å²) < 4.78 is 2.39. The maximum absolute atomic E-state index is 10.6. The first-order valence-corrected chi connectivity index (χ1v) is 22.8. The summed E-state index contributed by atoms with van der Waals surface area (Å²) in [4.78, 5) is 15.4. The lowest BCUT2D eigenvalue weighted by Crippen LogP contribution is -2.11. The van der Waals surface area contributed by atoms with Gasteiger partial charge in [0.25, 0.3) is 0 Å². The van der Waals surface area contributed by atoms with Crippen LogP contribution in [0.5, 0.6) is 0 Å². The molecule has 0 N–H and O–H groups in total. The van der Waals surface area contributed by atoms with Crippen LogP contribution in [0.25, 0.3) is 83.9 Å². The highest BCUT2D eigenvalue weighted by molar-refractivity contribution is 6.10. The number of para-hydroxylation sites is 1. The highest BCUT2D eigenvalue weighted by Gasteiger charge is 2.34. The molecule has 5 heteroatoms. The van der Waals surface area contributed by atoms with Gasteiger partial charge in [-0.3, -0.25) is 0 Å². The first kappa shape index (κ1) is 40.8. The van der Waals surface area contributed by atoms with Gasteiger partial charge in [-0.25, -0.2) is 15.0 Å². The molecule has 0 saturated heterocycles. The molecule has 0 saturated carbocycles. The first-order chi connectivity index (χ1) is 31.9. The van der Waals surface area contributed by atoms with Gasteiger partial charge in [-0.05, 0) is 97.8 Å². The number of benzene rings is 8. The number of nitriles is 1. The highest BCUT2D eigenvalue weighted by atomic mass is 15.0. The molecule has 10 aromatic rings. The Kier molecular flexibility index (Phi) is 9.67. The predicted molar refractivity (Wildman–Crippen MR) is 271 cm³/mol. The van der Waals surface area contributed by atoms with Gasteiger partial charge in [0.1, 0.15) is 0 Å². The second kappa shape index (κ2) is 15.6. The number of fused-ring (bicyclic) bond motifs is 6. The van der Waals surface area contributed by atoms with Crippen molar-refractivity contribution in [3.63, 3.8) is 0 Å². The zero-order chi connectivity index (χ0) is 45.3. The Morgan fingerprint density at radius 1 is 0.424 bits per heavy atom. The van der Waals surface area contributed by atoms with E-state index < -0.39 is 0 Å². The van der Waals surface area contributed by atoms with Crippen LogP contribution in [0.2, 0.25) is 0 Å². The van der Waals surface area contributed by atoms with Crippen molar-refractivity contribution in [3.05, 3.63) is 215 Å². The summed E-state index contributed by atoms with van der Waals surface area (Å²) in [5.74, 6) is 1.69. The van der Waals surface area contributed by atoms with Crippen molar-refractivity contribution < 1.29 is 0 Å². The monoisotopic (exact) mass is 851 g/mol. The normalized spacial score (nSPS) is 13.4. The molecule has 11 rings (SSSR count). The number of aromatic nitrogens is 4. The molecule has 1 aliphatic rings. The van der Waals surface area contributed by atoms with E-state index >= 15 is 0 Å². The van der Waals surface area contributed by atoms with E-state index in [2.05, 4.69) is 167 Å². The van der Waals surface area contributed by atoms with Crippen LogP contribution in [0.3, 0.4) is 0 Å². The van der Waals surface area contributed by atoms with Crippen molar-refractivity contribution in [2.45, 2.75) is 58.3 Å². The van der Waals surface area contributed by atoms with E-state index in [4.69, 9.17) is 15.0 Å². The van der Waals surface area contributed by atoms with Crippen molar-refractivity contribution in [3.8, 4) is 68.2 Å². The lowest BCUT2D eigenvalue weighted by Gasteiger charge is -2.24. The smallest absolute Gasteiger partial charge is 0.164 e. The summed E-state index contributed by atoms with van der Waals surface area (Å²) >= 11 is 0. The fourth-order valence-corrected chi connectivity index (χ4v) is 9.84. The molecule has 1 aliphatic carbocycles. The Balaban J connectivity index is 1.22. The molecule has 0 bridgehead atoms. The van der Waals surface area contributed by atoms with Crippen LogP contribution in [-0.2, 0) is 10.8 Å². The minimum atomic E-state index is -0.0847. The van der Waals surface area contributed by atoms with Gasteiger partial charge in [0, 0.05) is 38.9 Å². The minimum absolute atomic E-state index is 0.0147. The van der Waals surface area contributed by atoms with Crippen molar-refractivity contribution in [1.82, 2.24) is 19.5 Å². The molecule has 66 heavy (non-hydrogen) atoms. The Labute approximate surface area is 386 Å². The lowest BCUT2D eigenvalue weighted by atomic mass is 9.81. The van der Waals surface area contributed by atoms with E-state index in [1.165, 1.54) is 44.2 Å². The molecule has 8 aromatic carbocycles. The molecule has 0 aliphatic heterocycles. The third-order valence-corrected chi connectivity index (χ3v) is 13.3. The van der Waals surface area contributed by atoms with Gasteiger partial charge in [0.15, 0.2) is 17.5 Å². The molecule has 2 heterocycles. The Hall–Kier alpha value is -7.94. The fraction of sp³-hybridized carbons (Fsp3) is 0.148. The molecular weight excluding hydrogens is 803 g/mol. The van der Waals surface area contributed by atoms with E-state index in [1.807, 2.05) is 66.7 Å². The summed E-state index contributed by atoms with van der Waals surface area (Å²) in [5.41, 5.74) is 17.1. The van der Waals surface area contributed by atoms with Crippen LogP contribution < -0.4 is 0 Å². The third-order valence-electron chi connectivity index (χ3n) is 13.3. The second-order valence-corrected chi connectivity index (χ2v) is 19.6. The fourth-order valence-electron chi connectivity index (χ4n) is 9.84. The molecule has 0 amide bonds. The van der Waals surface area contributed by atoms with Crippen molar-refractivity contribution in [2.24, 2.45) is 0 Å². The SMILES string of the molecule is CC(C)(C)c1ccc2c(c1)-c1ccccc1C2c1ccc(-c2nc(-c3ccccc3)nc(-c3ccccc3)n2)cc1-c1cc(C#N)ccc1-n1c2ccccc2c2cc(C(C)(C)C)ccc21. The number of hydrogen-bond acceptors (Lipinski definition) is 4. The molecule has 0 radical (unpaired) electrons. The molecule has 5 nitrogen and oxygen atoms in total. The van der Waals surface area contributed by atoms with Crippen LogP contribution in [-0.4, -0.2) is 19.5 Å². The van der Waals surface area contributed by atoms with Crippen LogP contribution in [0.1, 0.15) is 80.8 Å². The van der Waals surface area contributed by atoms with Gasteiger partial charge < -0.3 is 4.57 Å². The Morgan fingerprint density at radius 3 is 1.62 bits per heavy atom. The van der Waals surface area contributed by atoms with Crippen LogP contribution in [0.4, 0.5) is 0 Å². The first-order valence-electron chi connectivity index (χ1n) is 22.8. The average Bonchev–Trinajstić information content (AvgIpc) is 3.85. The molecule has 318 valence electrons. The van der Waals surface area contributed by atoms with Crippen molar-refractivity contribution in [2.75, 3.05) is 0 Å². The summed E-state index contributed by atoms with van der Waals surface area (Å²) in [6.07, 6.45) is 0. The summed E-state index contributed by atoms with van der Waals surface area (Å²) in [7, 11) is 0. The van der Waals surface area contributed by atoms with Crippen LogP contribution >= 0.6 is 0 Å². The molecule has 0 spiro atoms. The highest BCUT2D eigenvalue weighted by Crippen LogP contribution is 2.52. The van der Waals surface area contributed by atoms with Gasteiger partial charge in [0.05, 0.1) is 28.4 Å². The Bertz CT molecular complexity index is 3500. The van der Waals surface area contributed by atoms with Gasteiger partial charge in [-0.2, -0.15) is 5.26 Å². The molecule has 0 fully saturated rings. The standard InChI is InChI=1S/C61H49N5/c1-60(2,3)42-27-30-48-50(35-42)44-21-13-14-23-46(44)56(48)47-29-26-41(59-64-57(39-17-9-7-10-18-39)63-58(65-59)40-19-11-8-12-20-40)34-49(47)51-33-38(37-62)25-31-54(51)66-53-24-16-15-22-45(53)52-36-43(61(4,5)6)28-32-55(52)66/h7-36,56H,1-6H3. The van der Waals surface area contributed by atoms with E-state index in [0.29, 0.717) is 23.0 Å². The largest absolute Gasteiger partial charge is 0.309 e. The van der Waals surface area contributed by atoms with E-state index in [9.17, 15) is 5.26 Å². The van der Waals surface area contributed by atoms with E-state index in [1.54, 1.807) is 0 Å².